The van der Waals surface area contributed by atoms with E-state index in [0.29, 0.717) is 13.0 Å². The number of hydrogen-bond acceptors (Lipinski definition) is 8. The fourth-order valence-electron chi connectivity index (χ4n) is 3.58. The van der Waals surface area contributed by atoms with Crippen LogP contribution in [0.25, 0.3) is 0 Å². The van der Waals surface area contributed by atoms with E-state index in [-0.39, 0.29) is 12.0 Å². The predicted octanol–water partition coefficient (Wildman–Crippen LogP) is 3.92. The van der Waals surface area contributed by atoms with Gasteiger partial charge in [0, 0.05) is 39.2 Å². The summed E-state index contributed by atoms with van der Waals surface area (Å²) in [7, 11) is -3.86. The standard InChI is InChI=1S/C22H32O8Si/c1-7-8-15(2)22(6)26-14-20-13-19(9-10-21(20)27-22)11-12-31(28-16(3)23,29-17(4)24)30-18(5)25/h9-10,13,15H,7-8,11-12,14H2,1-6H3. The first-order chi connectivity index (χ1) is 14.5. The summed E-state index contributed by atoms with van der Waals surface area (Å²) in [6.07, 6.45) is 2.42. The van der Waals surface area contributed by atoms with Crippen molar-refractivity contribution in [1.29, 1.82) is 0 Å². The van der Waals surface area contributed by atoms with Crippen LogP contribution < -0.4 is 4.74 Å². The van der Waals surface area contributed by atoms with Crippen LogP contribution in [0.1, 0.15) is 65.5 Å². The quantitative estimate of drug-likeness (QED) is 0.520. The van der Waals surface area contributed by atoms with Crippen molar-refractivity contribution in [2.75, 3.05) is 0 Å². The Morgan fingerprint density at radius 1 is 1.10 bits per heavy atom. The van der Waals surface area contributed by atoms with Crippen molar-refractivity contribution in [2.45, 2.75) is 79.2 Å². The Hall–Kier alpha value is -2.39. The zero-order chi connectivity index (χ0) is 23.2. The maximum atomic E-state index is 11.6. The first-order valence-corrected chi connectivity index (χ1v) is 12.5. The molecule has 1 aliphatic rings. The predicted molar refractivity (Wildman–Crippen MR) is 114 cm³/mol. The van der Waals surface area contributed by atoms with Crippen molar-refractivity contribution in [3.8, 4) is 5.75 Å². The van der Waals surface area contributed by atoms with Gasteiger partial charge in [-0.15, -0.1) is 0 Å². The molecule has 0 bridgehead atoms. The van der Waals surface area contributed by atoms with Gasteiger partial charge in [0.25, 0.3) is 17.9 Å². The average Bonchev–Trinajstić information content (AvgIpc) is 2.65. The molecule has 172 valence electrons. The fraction of sp³-hybridized carbons (Fsp3) is 0.591. The number of aryl methyl sites for hydroxylation is 1. The molecular formula is C22H32O8Si. The summed E-state index contributed by atoms with van der Waals surface area (Å²) in [5.41, 5.74) is 1.79. The summed E-state index contributed by atoms with van der Waals surface area (Å²) >= 11 is 0. The van der Waals surface area contributed by atoms with E-state index in [1.807, 2.05) is 25.1 Å². The lowest BCUT2D eigenvalue weighted by Crippen LogP contribution is -2.49. The SMILES string of the molecule is CCCC(C)C1(C)OCc2cc(CC[Si](OC(C)=O)(OC(C)=O)OC(C)=O)ccc2O1. The highest BCUT2D eigenvalue weighted by Crippen LogP contribution is 2.37. The Labute approximate surface area is 184 Å². The molecular weight excluding hydrogens is 420 g/mol. The van der Waals surface area contributed by atoms with Gasteiger partial charge >= 0.3 is 8.80 Å². The van der Waals surface area contributed by atoms with Crippen molar-refractivity contribution < 1.29 is 37.1 Å². The minimum Gasteiger partial charge on any atom is -0.462 e. The lowest BCUT2D eigenvalue weighted by molar-refractivity contribution is -0.223. The number of hydrogen-bond donors (Lipinski definition) is 0. The summed E-state index contributed by atoms with van der Waals surface area (Å²) < 4.78 is 27.9. The fourth-order valence-corrected chi connectivity index (χ4v) is 5.92. The van der Waals surface area contributed by atoms with E-state index in [1.165, 1.54) is 20.8 Å². The first-order valence-electron chi connectivity index (χ1n) is 10.5. The van der Waals surface area contributed by atoms with Crippen LogP contribution >= 0.6 is 0 Å². The Morgan fingerprint density at radius 2 is 1.68 bits per heavy atom. The monoisotopic (exact) mass is 452 g/mol. The minimum atomic E-state index is -3.86. The maximum Gasteiger partial charge on any atom is 0.705 e. The molecule has 1 aliphatic heterocycles. The molecule has 1 aromatic rings. The van der Waals surface area contributed by atoms with Gasteiger partial charge in [0.1, 0.15) is 5.75 Å². The van der Waals surface area contributed by atoms with Crippen LogP contribution in [0, 0.1) is 5.92 Å². The first kappa shape index (κ1) is 24.9. The van der Waals surface area contributed by atoms with Gasteiger partial charge in [0.2, 0.25) is 5.79 Å². The molecule has 0 fully saturated rings. The van der Waals surface area contributed by atoms with Gasteiger partial charge in [-0.05, 0) is 30.5 Å². The molecule has 0 saturated carbocycles. The van der Waals surface area contributed by atoms with Gasteiger partial charge in [-0.1, -0.05) is 26.3 Å². The summed E-state index contributed by atoms with van der Waals surface area (Å²) in [5, 5.41) is 0. The highest BCUT2D eigenvalue weighted by atomic mass is 28.4. The number of ether oxygens (including phenoxy) is 2. The smallest absolute Gasteiger partial charge is 0.462 e. The van der Waals surface area contributed by atoms with Crippen molar-refractivity contribution >= 4 is 26.7 Å². The van der Waals surface area contributed by atoms with E-state index in [0.717, 1.165) is 29.7 Å². The van der Waals surface area contributed by atoms with E-state index in [2.05, 4.69) is 13.8 Å². The Balaban J connectivity index is 2.18. The van der Waals surface area contributed by atoms with Crippen LogP contribution in [-0.4, -0.2) is 32.5 Å². The molecule has 0 aromatic heterocycles. The molecule has 2 unspecified atom stereocenters. The van der Waals surface area contributed by atoms with Gasteiger partial charge in [-0.25, -0.2) is 0 Å². The number of benzene rings is 1. The molecule has 9 heteroatoms. The van der Waals surface area contributed by atoms with Crippen LogP contribution in [0.5, 0.6) is 5.75 Å². The van der Waals surface area contributed by atoms with Gasteiger partial charge in [0.15, 0.2) is 0 Å². The number of fused-ring (bicyclic) bond motifs is 1. The highest BCUT2D eigenvalue weighted by molar-refractivity contribution is 6.65. The molecule has 0 radical (unpaired) electrons. The van der Waals surface area contributed by atoms with E-state index in [9.17, 15) is 14.4 Å². The number of carbonyl (C=O) groups excluding carboxylic acids is 3. The molecule has 1 aromatic carbocycles. The third-order valence-corrected chi connectivity index (χ3v) is 7.84. The van der Waals surface area contributed by atoms with Gasteiger partial charge in [0.05, 0.1) is 12.7 Å². The zero-order valence-electron chi connectivity index (χ0n) is 19.1. The molecule has 2 atom stereocenters. The normalized spacial score (nSPS) is 18.9. The molecule has 0 amide bonds. The largest absolute Gasteiger partial charge is 0.705 e. The summed E-state index contributed by atoms with van der Waals surface area (Å²) in [6, 6.07) is 5.80. The molecule has 8 nitrogen and oxygen atoms in total. The second-order valence-corrected chi connectivity index (χ2v) is 10.5. The lowest BCUT2D eigenvalue weighted by Gasteiger charge is -2.40. The Morgan fingerprint density at radius 3 is 2.19 bits per heavy atom. The Kier molecular flexibility index (Phi) is 8.25. The summed E-state index contributed by atoms with van der Waals surface area (Å²) in [4.78, 5) is 34.8. The van der Waals surface area contributed by atoms with Crippen molar-refractivity contribution in [1.82, 2.24) is 0 Å². The van der Waals surface area contributed by atoms with Crippen LogP contribution in [-0.2, 0) is 45.4 Å². The third kappa shape index (κ3) is 6.80. The topological polar surface area (TPSA) is 97.4 Å². The summed E-state index contributed by atoms with van der Waals surface area (Å²) in [5.74, 6) is -1.70. The molecule has 31 heavy (non-hydrogen) atoms. The summed E-state index contributed by atoms with van der Waals surface area (Å²) in [6.45, 7) is 10.2. The van der Waals surface area contributed by atoms with Gasteiger partial charge < -0.3 is 22.8 Å². The van der Waals surface area contributed by atoms with Crippen LogP contribution in [0.2, 0.25) is 6.04 Å². The van der Waals surface area contributed by atoms with E-state index < -0.39 is 32.5 Å². The second kappa shape index (κ2) is 10.3. The average molecular weight is 453 g/mol. The number of carbonyl (C=O) groups is 3. The van der Waals surface area contributed by atoms with Crippen LogP contribution in [0.3, 0.4) is 0 Å². The maximum absolute atomic E-state index is 11.6. The molecule has 2 rings (SSSR count). The van der Waals surface area contributed by atoms with Crippen LogP contribution in [0.4, 0.5) is 0 Å². The second-order valence-electron chi connectivity index (χ2n) is 8.00. The minimum absolute atomic E-state index is 0.0808. The van der Waals surface area contributed by atoms with E-state index >= 15 is 0 Å². The van der Waals surface area contributed by atoms with Crippen LogP contribution in [0.15, 0.2) is 18.2 Å². The molecule has 0 spiro atoms. The van der Waals surface area contributed by atoms with Gasteiger partial charge in [-0.3, -0.25) is 14.4 Å². The zero-order valence-corrected chi connectivity index (χ0v) is 20.1. The molecule has 0 saturated heterocycles. The van der Waals surface area contributed by atoms with Crippen molar-refractivity contribution in [3.05, 3.63) is 29.3 Å². The third-order valence-electron chi connectivity index (χ3n) is 5.19. The van der Waals surface area contributed by atoms with E-state index in [1.54, 1.807) is 0 Å². The number of rotatable bonds is 9. The lowest BCUT2D eigenvalue weighted by atomic mass is 9.95. The Bertz CT molecular complexity index is 783. The van der Waals surface area contributed by atoms with Gasteiger partial charge in [-0.2, -0.15) is 0 Å². The van der Waals surface area contributed by atoms with E-state index in [4.69, 9.17) is 22.8 Å². The van der Waals surface area contributed by atoms with Crippen molar-refractivity contribution in [3.63, 3.8) is 0 Å². The highest BCUT2D eigenvalue weighted by Gasteiger charge is 2.51. The molecule has 1 heterocycles. The van der Waals surface area contributed by atoms with Crippen molar-refractivity contribution in [2.24, 2.45) is 5.92 Å². The molecule has 0 N–H and O–H groups in total. The molecule has 0 aliphatic carbocycles.